The molecule has 1 amide bonds. The standard InChI is InChI=1S/C18H23N3O3S/c1-12-6-7-15(10-13(12)2)20-17(22)14-8-9-19-16(11-14)21-25(23,24)18(3,4)5/h6-11H,1-5H3,(H,19,21)(H,20,22). The maximum absolute atomic E-state index is 12.4. The largest absolute Gasteiger partial charge is 0.322 e. The van der Waals surface area contributed by atoms with E-state index in [1.165, 1.54) is 18.3 Å². The lowest BCUT2D eigenvalue weighted by Gasteiger charge is -2.20. The molecule has 2 rings (SSSR count). The molecule has 0 unspecified atom stereocenters. The third-order valence-corrected chi connectivity index (χ3v) is 5.92. The molecule has 0 bridgehead atoms. The summed E-state index contributed by atoms with van der Waals surface area (Å²) in [5, 5.41) is 2.80. The van der Waals surface area contributed by atoms with Crippen LogP contribution in [0.2, 0.25) is 0 Å². The third kappa shape index (κ3) is 4.57. The lowest BCUT2D eigenvalue weighted by Crippen LogP contribution is -2.34. The van der Waals surface area contributed by atoms with Crippen LogP contribution < -0.4 is 10.0 Å². The number of nitrogens with one attached hydrogen (secondary N) is 2. The van der Waals surface area contributed by atoms with Crippen LogP contribution in [0.4, 0.5) is 11.5 Å². The van der Waals surface area contributed by atoms with Crippen molar-refractivity contribution in [3.8, 4) is 0 Å². The van der Waals surface area contributed by atoms with Gasteiger partial charge in [0.25, 0.3) is 5.91 Å². The summed E-state index contributed by atoms with van der Waals surface area (Å²) in [6.07, 6.45) is 1.40. The number of benzene rings is 1. The first kappa shape index (κ1) is 18.9. The van der Waals surface area contributed by atoms with Gasteiger partial charge in [0.2, 0.25) is 10.0 Å². The average molecular weight is 361 g/mol. The zero-order chi connectivity index (χ0) is 18.8. The Labute approximate surface area is 148 Å². The fourth-order valence-corrected chi connectivity index (χ4v) is 2.63. The van der Waals surface area contributed by atoms with Crippen molar-refractivity contribution < 1.29 is 13.2 Å². The van der Waals surface area contributed by atoms with Crippen LogP contribution in [0, 0.1) is 13.8 Å². The molecule has 0 fully saturated rings. The van der Waals surface area contributed by atoms with Gasteiger partial charge in [-0.3, -0.25) is 9.52 Å². The molecule has 0 spiro atoms. The highest BCUT2D eigenvalue weighted by Crippen LogP contribution is 2.20. The Kier molecular flexibility index (Phi) is 5.17. The van der Waals surface area contributed by atoms with Gasteiger partial charge in [-0.25, -0.2) is 13.4 Å². The lowest BCUT2D eigenvalue weighted by atomic mass is 10.1. The van der Waals surface area contributed by atoms with Crippen molar-refractivity contribution in [2.75, 3.05) is 10.0 Å². The predicted octanol–water partition coefficient (Wildman–Crippen LogP) is 3.49. The number of carbonyl (C=O) groups is 1. The first-order chi connectivity index (χ1) is 11.5. The highest BCUT2D eigenvalue weighted by atomic mass is 32.2. The van der Waals surface area contributed by atoms with E-state index in [1.54, 1.807) is 20.8 Å². The monoisotopic (exact) mass is 361 g/mol. The molecule has 6 nitrogen and oxygen atoms in total. The van der Waals surface area contributed by atoms with E-state index in [1.807, 2.05) is 32.0 Å². The first-order valence-corrected chi connectivity index (χ1v) is 9.35. The minimum Gasteiger partial charge on any atom is -0.322 e. The average Bonchev–Trinajstić information content (AvgIpc) is 2.49. The van der Waals surface area contributed by atoms with Crippen molar-refractivity contribution in [2.45, 2.75) is 39.4 Å². The quantitative estimate of drug-likeness (QED) is 0.872. The van der Waals surface area contributed by atoms with Crippen LogP contribution >= 0.6 is 0 Å². The van der Waals surface area contributed by atoms with Crippen LogP contribution in [0.1, 0.15) is 42.3 Å². The fraction of sp³-hybridized carbons (Fsp3) is 0.333. The molecule has 0 radical (unpaired) electrons. The van der Waals surface area contributed by atoms with E-state index >= 15 is 0 Å². The molecule has 7 heteroatoms. The molecule has 0 atom stereocenters. The molecule has 0 aliphatic rings. The summed E-state index contributed by atoms with van der Waals surface area (Å²) in [6.45, 7) is 8.73. The van der Waals surface area contributed by atoms with Crippen molar-refractivity contribution >= 4 is 27.4 Å². The van der Waals surface area contributed by atoms with E-state index in [0.29, 0.717) is 11.3 Å². The molecule has 134 valence electrons. The highest BCUT2D eigenvalue weighted by molar-refractivity contribution is 7.94. The number of anilines is 2. The number of nitrogens with zero attached hydrogens (tertiary/aromatic N) is 1. The molecule has 0 saturated heterocycles. The lowest BCUT2D eigenvalue weighted by molar-refractivity contribution is 0.102. The van der Waals surface area contributed by atoms with Gasteiger partial charge in [0.05, 0.1) is 4.75 Å². The van der Waals surface area contributed by atoms with Crippen LogP contribution in [0.3, 0.4) is 0 Å². The number of sulfonamides is 1. The summed E-state index contributed by atoms with van der Waals surface area (Å²) >= 11 is 0. The molecule has 0 aliphatic carbocycles. The molecule has 1 aromatic heterocycles. The van der Waals surface area contributed by atoms with Crippen LogP contribution in [-0.4, -0.2) is 24.1 Å². The van der Waals surface area contributed by atoms with Crippen LogP contribution in [0.25, 0.3) is 0 Å². The normalized spacial score (nSPS) is 11.9. The molecular weight excluding hydrogens is 338 g/mol. The number of amides is 1. The maximum atomic E-state index is 12.4. The smallest absolute Gasteiger partial charge is 0.255 e. The van der Waals surface area contributed by atoms with Gasteiger partial charge < -0.3 is 5.32 Å². The molecule has 0 aliphatic heterocycles. The Morgan fingerprint density at radius 1 is 1.04 bits per heavy atom. The SMILES string of the molecule is Cc1ccc(NC(=O)c2ccnc(NS(=O)(=O)C(C)(C)C)c2)cc1C. The second-order valence-corrected chi connectivity index (χ2v) is 9.34. The maximum Gasteiger partial charge on any atom is 0.255 e. The van der Waals surface area contributed by atoms with Crippen molar-refractivity contribution in [1.82, 2.24) is 4.98 Å². The minimum atomic E-state index is -3.61. The summed E-state index contributed by atoms with van der Waals surface area (Å²) in [7, 11) is -3.61. The summed E-state index contributed by atoms with van der Waals surface area (Å²) in [6, 6.07) is 8.59. The molecular formula is C18H23N3O3S. The van der Waals surface area contributed by atoms with Crippen molar-refractivity contribution in [2.24, 2.45) is 0 Å². The van der Waals surface area contributed by atoms with Gasteiger partial charge in [0.15, 0.2) is 0 Å². The van der Waals surface area contributed by atoms with Gasteiger partial charge >= 0.3 is 0 Å². The predicted molar refractivity (Wildman–Crippen MR) is 100 cm³/mol. The summed E-state index contributed by atoms with van der Waals surface area (Å²) in [5.74, 6) is -0.218. The van der Waals surface area contributed by atoms with E-state index in [9.17, 15) is 13.2 Å². The van der Waals surface area contributed by atoms with Crippen molar-refractivity contribution in [1.29, 1.82) is 0 Å². The number of aromatic nitrogens is 1. The molecule has 1 aromatic carbocycles. The Bertz CT molecular complexity index is 900. The zero-order valence-corrected chi connectivity index (χ0v) is 15.9. The van der Waals surface area contributed by atoms with E-state index < -0.39 is 14.8 Å². The van der Waals surface area contributed by atoms with Crippen LogP contribution in [0.15, 0.2) is 36.5 Å². The van der Waals surface area contributed by atoms with Gasteiger partial charge in [0, 0.05) is 17.4 Å². The van der Waals surface area contributed by atoms with Crippen molar-refractivity contribution in [3.63, 3.8) is 0 Å². The van der Waals surface area contributed by atoms with Crippen molar-refractivity contribution in [3.05, 3.63) is 53.2 Å². The number of hydrogen-bond donors (Lipinski definition) is 2. The van der Waals surface area contributed by atoms with E-state index in [2.05, 4.69) is 15.0 Å². The Balaban J connectivity index is 2.20. The zero-order valence-electron chi connectivity index (χ0n) is 15.0. The Hall–Kier alpha value is -2.41. The molecule has 0 saturated carbocycles. The topological polar surface area (TPSA) is 88.2 Å². The Morgan fingerprint density at radius 3 is 2.32 bits per heavy atom. The first-order valence-electron chi connectivity index (χ1n) is 7.86. The number of rotatable bonds is 4. The second-order valence-electron chi connectivity index (χ2n) is 6.90. The summed E-state index contributed by atoms with van der Waals surface area (Å²) in [5.41, 5.74) is 3.22. The van der Waals surface area contributed by atoms with Gasteiger partial charge in [-0.1, -0.05) is 6.07 Å². The van der Waals surface area contributed by atoms with Crippen LogP contribution in [-0.2, 0) is 10.0 Å². The molecule has 1 heterocycles. The highest BCUT2D eigenvalue weighted by Gasteiger charge is 2.29. The summed E-state index contributed by atoms with van der Waals surface area (Å²) in [4.78, 5) is 16.4. The van der Waals surface area contributed by atoms with E-state index in [-0.39, 0.29) is 11.7 Å². The number of aryl methyl sites for hydroxylation is 2. The number of hydrogen-bond acceptors (Lipinski definition) is 4. The molecule has 25 heavy (non-hydrogen) atoms. The second kappa shape index (κ2) is 6.84. The van der Waals surface area contributed by atoms with Gasteiger partial charge in [-0.15, -0.1) is 0 Å². The number of carbonyl (C=O) groups excluding carboxylic acids is 1. The van der Waals surface area contributed by atoms with E-state index in [4.69, 9.17) is 0 Å². The fourth-order valence-electron chi connectivity index (χ4n) is 1.94. The third-order valence-electron chi connectivity index (χ3n) is 3.83. The van der Waals surface area contributed by atoms with E-state index in [0.717, 1.165) is 11.1 Å². The summed E-state index contributed by atoms with van der Waals surface area (Å²) < 4.78 is 25.9. The van der Waals surface area contributed by atoms with Gasteiger partial charge in [-0.05, 0) is 70.0 Å². The van der Waals surface area contributed by atoms with Gasteiger partial charge in [0.1, 0.15) is 5.82 Å². The minimum absolute atomic E-state index is 0.114. The van der Waals surface area contributed by atoms with Crippen LogP contribution in [0.5, 0.6) is 0 Å². The molecule has 2 N–H and O–H groups in total. The van der Waals surface area contributed by atoms with Gasteiger partial charge in [-0.2, -0.15) is 0 Å². The Morgan fingerprint density at radius 2 is 1.72 bits per heavy atom. The molecule has 2 aromatic rings. The number of pyridine rings is 1.